The second-order valence-electron chi connectivity index (χ2n) is 7.13. The van der Waals surface area contributed by atoms with Crippen molar-refractivity contribution in [2.75, 3.05) is 13.7 Å². The second kappa shape index (κ2) is 8.37. The molecule has 0 aliphatic rings. The first kappa shape index (κ1) is 21.0. The molecule has 3 rings (SSSR count). The Hall–Kier alpha value is -1.67. The van der Waals surface area contributed by atoms with E-state index in [1.54, 1.807) is 44.3 Å². The third kappa shape index (κ3) is 4.84. The summed E-state index contributed by atoms with van der Waals surface area (Å²) in [5.41, 5.74) is -0.117. The van der Waals surface area contributed by atoms with E-state index in [1.165, 1.54) is 11.3 Å². The van der Waals surface area contributed by atoms with Crippen molar-refractivity contribution in [2.45, 2.75) is 26.0 Å². The van der Waals surface area contributed by atoms with Gasteiger partial charge in [0.2, 0.25) is 0 Å². The summed E-state index contributed by atoms with van der Waals surface area (Å²) in [6.07, 6.45) is 3.28. The van der Waals surface area contributed by atoms with Gasteiger partial charge in [0.1, 0.15) is 12.4 Å². The Balaban J connectivity index is 1.82. The Morgan fingerprint density at radius 3 is 2.82 bits per heavy atom. The van der Waals surface area contributed by atoms with Gasteiger partial charge in [-0.25, -0.2) is 0 Å². The van der Waals surface area contributed by atoms with Crippen LogP contribution in [0.2, 0.25) is 5.02 Å². The molecule has 5 nitrogen and oxygen atoms in total. The third-order valence-electron chi connectivity index (χ3n) is 3.98. The van der Waals surface area contributed by atoms with Crippen LogP contribution in [-0.4, -0.2) is 40.2 Å². The molecule has 1 aromatic carbocycles. The smallest absolute Gasteiger partial charge is 0.264 e. The fraction of sp³-hybridized carbons (Fsp3) is 0.300. The lowest BCUT2D eigenvalue weighted by Gasteiger charge is -2.22. The zero-order valence-corrected chi connectivity index (χ0v) is 18.9. The van der Waals surface area contributed by atoms with Crippen LogP contribution in [0, 0.1) is 0 Å². The fourth-order valence-corrected chi connectivity index (χ4v) is 4.48. The second-order valence-corrected chi connectivity index (χ2v) is 9.48. The molecule has 0 aliphatic heterocycles. The van der Waals surface area contributed by atoms with Gasteiger partial charge in [-0.05, 0) is 41.9 Å². The van der Waals surface area contributed by atoms with Gasteiger partial charge in [-0.15, -0.1) is 11.3 Å². The van der Waals surface area contributed by atoms with Crippen LogP contribution in [0.5, 0.6) is 5.75 Å². The largest absolute Gasteiger partial charge is 0.489 e. The van der Waals surface area contributed by atoms with Crippen LogP contribution in [0.1, 0.15) is 29.1 Å². The molecule has 0 saturated heterocycles. The predicted octanol–water partition coefficient (Wildman–Crippen LogP) is 5.13. The molecule has 0 aliphatic carbocycles. The lowest BCUT2D eigenvalue weighted by molar-refractivity contribution is 0.0276. The highest BCUT2D eigenvalue weighted by Crippen LogP contribution is 2.33. The molecular formula is C20H20BrClN2O3S. The van der Waals surface area contributed by atoms with Gasteiger partial charge >= 0.3 is 0 Å². The summed E-state index contributed by atoms with van der Waals surface area (Å²) in [5, 5.41) is 11.3. The number of ether oxygens (including phenoxy) is 1. The Bertz CT molecular complexity index is 1020. The number of carbonyl (C=O) groups excluding carboxylic acids is 1. The third-order valence-corrected chi connectivity index (χ3v) is 5.96. The summed E-state index contributed by atoms with van der Waals surface area (Å²) in [6.45, 7) is 3.86. The minimum atomic E-state index is -0.960. The highest BCUT2D eigenvalue weighted by atomic mass is 79.9. The normalized spacial score (nSPS) is 11.6. The van der Waals surface area contributed by atoms with Crippen molar-refractivity contribution in [2.24, 2.45) is 0 Å². The van der Waals surface area contributed by atoms with Crippen molar-refractivity contribution >= 4 is 54.9 Å². The number of hydrogen-bond donors (Lipinski definition) is 1. The van der Waals surface area contributed by atoms with E-state index in [2.05, 4.69) is 20.9 Å². The van der Waals surface area contributed by atoms with Gasteiger partial charge in [-0.3, -0.25) is 9.78 Å². The number of amides is 1. The van der Waals surface area contributed by atoms with Gasteiger partial charge in [0.15, 0.2) is 0 Å². The van der Waals surface area contributed by atoms with Gasteiger partial charge in [0.25, 0.3) is 5.91 Å². The van der Waals surface area contributed by atoms with Crippen molar-refractivity contribution < 1.29 is 14.6 Å². The van der Waals surface area contributed by atoms with E-state index in [0.717, 1.165) is 20.1 Å². The van der Waals surface area contributed by atoms with E-state index < -0.39 is 5.60 Å². The van der Waals surface area contributed by atoms with Crippen molar-refractivity contribution in [1.82, 2.24) is 9.88 Å². The molecule has 0 bridgehead atoms. The summed E-state index contributed by atoms with van der Waals surface area (Å²) in [4.78, 5) is 19.2. The first-order valence-electron chi connectivity index (χ1n) is 8.57. The standard InChI is InChI=1S/C20H20BrClN2O3S/c1-20(2,26)11-27-18-12(5-4-6-14(18)21)10-24(3)19(25)16-7-13-15(22)8-23-9-17(13)28-16/h4-9,26H,10-11H2,1-3H3. The Morgan fingerprint density at radius 2 is 2.14 bits per heavy atom. The molecule has 0 spiro atoms. The van der Waals surface area contributed by atoms with Crippen LogP contribution in [-0.2, 0) is 6.54 Å². The van der Waals surface area contributed by atoms with Crippen LogP contribution in [0.25, 0.3) is 10.1 Å². The first-order valence-corrected chi connectivity index (χ1v) is 10.6. The minimum absolute atomic E-state index is 0.106. The number of aromatic nitrogens is 1. The Morgan fingerprint density at radius 1 is 1.39 bits per heavy atom. The number of pyridine rings is 1. The van der Waals surface area contributed by atoms with Gasteiger partial charge < -0.3 is 14.7 Å². The quantitative estimate of drug-likeness (QED) is 0.528. The number of aliphatic hydroxyl groups is 1. The lowest BCUT2D eigenvalue weighted by Crippen LogP contribution is -2.29. The number of hydrogen-bond acceptors (Lipinski definition) is 5. The number of para-hydroxylation sites is 1. The summed E-state index contributed by atoms with van der Waals surface area (Å²) in [6, 6.07) is 7.46. The van der Waals surface area contributed by atoms with E-state index in [0.29, 0.717) is 22.2 Å². The lowest BCUT2D eigenvalue weighted by atomic mass is 10.1. The Labute approximate surface area is 181 Å². The maximum atomic E-state index is 12.9. The molecule has 1 amide bonds. The SMILES string of the molecule is CN(Cc1cccc(Br)c1OCC(C)(C)O)C(=O)c1cc2c(Cl)cncc2s1. The van der Waals surface area contributed by atoms with E-state index >= 15 is 0 Å². The van der Waals surface area contributed by atoms with Crippen LogP contribution in [0.15, 0.2) is 41.1 Å². The van der Waals surface area contributed by atoms with E-state index in [-0.39, 0.29) is 12.5 Å². The molecule has 2 heterocycles. The molecule has 8 heteroatoms. The number of fused-ring (bicyclic) bond motifs is 1. The topological polar surface area (TPSA) is 62.7 Å². The molecule has 28 heavy (non-hydrogen) atoms. The molecule has 0 fully saturated rings. The number of halogens is 2. The Kier molecular flexibility index (Phi) is 6.29. The average molecular weight is 484 g/mol. The van der Waals surface area contributed by atoms with Crippen molar-refractivity contribution in [3.8, 4) is 5.75 Å². The van der Waals surface area contributed by atoms with Gasteiger partial charge in [0, 0.05) is 36.9 Å². The number of thiophene rings is 1. The molecule has 0 saturated carbocycles. The van der Waals surface area contributed by atoms with Gasteiger partial charge in [0.05, 0.1) is 24.7 Å². The van der Waals surface area contributed by atoms with Crippen LogP contribution >= 0.6 is 38.9 Å². The molecule has 1 N–H and O–H groups in total. The van der Waals surface area contributed by atoms with E-state index in [9.17, 15) is 9.90 Å². The first-order chi connectivity index (χ1) is 13.2. The molecule has 148 valence electrons. The molecule has 2 aromatic heterocycles. The minimum Gasteiger partial charge on any atom is -0.489 e. The van der Waals surface area contributed by atoms with E-state index in [1.807, 2.05) is 18.2 Å². The van der Waals surface area contributed by atoms with E-state index in [4.69, 9.17) is 16.3 Å². The van der Waals surface area contributed by atoms with Crippen molar-refractivity contribution in [3.63, 3.8) is 0 Å². The summed E-state index contributed by atoms with van der Waals surface area (Å²) in [7, 11) is 1.74. The summed E-state index contributed by atoms with van der Waals surface area (Å²) < 4.78 is 7.47. The summed E-state index contributed by atoms with van der Waals surface area (Å²) >= 11 is 11.0. The van der Waals surface area contributed by atoms with Crippen LogP contribution in [0.4, 0.5) is 0 Å². The molecule has 0 radical (unpaired) electrons. The summed E-state index contributed by atoms with van der Waals surface area (Å²) in [5.74, 6) is 0.513. The van der Waals surface area contributed by atoms with Crippen molar-refractivity contribution in [1.29, 1.82) is 0 Å². The van der Waals surface area contributed by atoms with Crippen LogP contribution in [0.3, 0.4) is 0 Å². The zero-order chi connectivity index (χ0) is 20.5. The maximum Gasteiger partial charge on any atom is 0.264 e. The molecule has 0 atom stereocenters. The molecular weight excluding hydrogens is 464 g/mol. The zero-order valence-electron chi connectivity index (χ0n) is 15.7. The number of nitrogens with zero attached hydrogens (tertiary/aromatic N) is 2. The highest BCUT2D eigenvalue weighted by Gasteiger charge is 2.20. The van der Waals surface area contributed by atoms with Gasteiger partial charge in [-0.1, -0.05) is 23.7 Å². The highest BCUT2D eigenvalue weighted by molar-refractivity contribution is 9.10. The number of rotatable bonds is 6. The molecule has 3 aromatic rings. The monoisotopic (exact) mass is 482 g/mol. The maximum absolute atomic E-state index is 12.9. The van der Waals surface area contributed by atoms with Crippen molar-refractivity contribution in [3.05, 3.63) is 56.6 Å². The predicted molar refractivity (Wildman–Crippen MR) is 116 cm³/mol. The number of carbonyl (C=O) groups is 1. The number of benzene rings is 1. The molecule has 0 unspecified atom stereocenters. The van der Waals surface area contributed by atoms with Crippen LogP contribution < -0.4 is 4.74 Å². The average Bonchev–Trinajstić information content (AvgIpc) is 3.05. The van der Waals surface area contributed by atoms with Gasteiger partial charge in [-0.2, -0.15) is 0 Å². The fourth-order valence-electron chi connectivity index (χ4n) is 2.64.